The van der Waals surface area contributed by atoms with Gasteiger partial charge in [0.25, 0.3) is 5.56 Å². The highest BCUT2D eigenvalue weighted by molar-refractivity contribution is 7.99. The SMILES string of the molecule is Cc1cc(F)ccc1-n1c(SCC(=O)N2C[C@H](C)C[C@H](C)C2)nc2ccsc2c1=O. The number of piperidine rings is 1. The summed E-state index contributed by atoms with van der Waals surface area (Å²) < 4.78 is 15.7. The number of fused-ring (bicyclic) bond motifs is 1. The van der Waals surface area contributed by atoms with Crippen molar-refractivity contribution in [1.82, 2.24) is 14.5 Å². The summed E-state index contributed by atoms with van der Waals surface area (Å²) in [7, 11) is 0. The summed E-state index contributed by atoms with van der Waals surface area (Å²) in [4.78, 5) is 32.6. The lowest BCUT2D eigenvalue weighted by atomic mass is 9.92. The van der Waals surface area contributed by atoms with Crippen molar-refractivity contribution in [3.63, 3.8) is 0 Å². The lowest BCUT2D eigenvalue weighted by Gasteiger charge is -2.35. The fourth-order valence-electron chi connectivity index (χ4n) is 4.16. The predicted octanol–water partition coefficient (Wildman–Crippen LogP) is 4.49. The molecule has 3 aromatic rings. The van der Waals surface area contributed by atoms with Gasteiger partial charge in [0.15, 0.2) is 5.16 Å². The molecule has 1 saturated heterocycles. The number of hydrogen-bond acceptors (Lipinski definition) is 5. The van der Waals surface area contributed by atoms with Crippen LogP contribution in [0.3, 0.4) is 0 Å². The van der Waals surface area contributed by atoms with Crippen LogP contribution >= 0.6 is 23.1 Å². The van der Waals surface area contributed by atoms with Crippen molar-refractivity contribution in [3.8, 4) is 5.69 Å². The minimum absolute atomic E-state index is 0.0560. The molecule has 0 unspecified atom stereocenters. The van der Waals surface area contributed by atoms with Gasteiger partial charge in [-0.1, -0.05) is 25.6 Å². The predicted molar refractivity (Wildman–Crippen MR) is 120 cm³/mol. The van der Waals surface area contributed by atoms with Crippen molar-refractivity contribution in [2.45, 2.75) is 32.3 Å². The highest BCUT2D eigenvalue weighted by atomic mass is 32.2. The summed E-state index contributed by atoms with van der Waals surface area (Å²) in [5.74, 6) is 0.889. The van der Waals surface area contributed by atoms with Gasteiger partial charge in [0.1, 0.15) is 10.5 Å². The van der Waals surface area contributed by atoms with Crippen LogP contribution in [0.2, 0.25) is 0 Å². The van der Waals surface area contributed by atoms with Crippen LogP contribution in [-0.2, 0) is 4.79 Å². The number of amides is 1. The van der Waals surface area contributed by atoms with E-state index in [1.807, 2.05) is 16.3 Å². The molecular formula is C22H24FN3O2S2. The van der Waals surface area contributed by atoms with Crippen LogP contribution in [0.25, 0.3) is 15.9 Å². The second-order valence-corrected chi connectivity index (χ2v) is 9.99. The number of halogens is 1. The molecule has 5 nitrogen and oxygen atoms in total. The smallest absolute Gasteiger partial charge is 0.276 e. The number of nitrogens with zero attached hydrogens (tertiary/aromatic N) is 3. The van der Waals surface area contributed by atoms with Crippen LogP contribution in [0, 0.1) is 24.6 Å². The summed E-state index contributed by atoms with van der Waals surface area (Å²) in [5, 5.41) is 2.28. The molecule has 1 aromatic carbocycles. The Labute approximate surface area is 182 Å². The zero-order chi connectivity index (χ0) is 21.4. The first-order valence-corrected chi connectivity index (χ1v) is 11.9. The van der Waals surface area contributed by atoms with Crippen LogP contribution in [0.1, 0.15) is 25.8 Å². The van der Waals surface area contributed by atoms with Gasteiger partial charge in [-0.25, -0.2) is 9.37 Å². The molecule has 3 heterocycles. The van der Waals surface area contributed by atoms with Gasteiger partial charge in [-0.15, -0.1) is 11.3 Å². The van der Waals surface area contributed by atoms with Gasteiger partial charge < -0.3 is 4.90 Å². The molecule has 2 atom stereocenters. The van der Waals surface area contributed by atoms with E-state index in [1.54, 1.807) is 13.0 Å². The van der Waals surface area contributed by atoms with E-state index >= 15 is 0 Å². The number of thiophene rings is 1. The lowest BCUT2D eigenvalue weighted by Crippen LogP contribution is -2.43. The molecule has 0 saturated carbocycles. The second kappa shape index (κ2) is 8.51. The van der Waals surface area contributed by atoms with E-state index in [0.717, 1.165) is 19.5 Å². The molecule has 1 aliphatic rings. The van der Waals surface area contributed by atoms with Crippen molar-refractivity contribution >= 4 is 39.2 Å². The fraction of sp³-hybridized carbons (Fsp3) is 0.409. The zero-order valence-electron chi connectivity index (χ0n) is 17.2. The molecule has 1 aliphatic heterocycles. The van der Waals surface area contributed by atoms with Crippen LogP contribution in [0.15, 0.2) is 39.6 Å². The van der Waals surface area contributed by atoms with Gasteiger partial charge in [-0.2, -0.15) is 0 Å². The van der Waals surface area contributed by atoms with Gasteiger partial charge in [0.2, 0.25) is 5.91 Å². The summed E-state index contributed by atoms with van der Waals surface area (Å²) in [6.45, 7) is 7.64. The van der Waals surface area contributed by atoms with E-state index < -0.39 is 0 Å². The molecule has 30 heavy (non-hydrogen) atoms. The molecular weight excluding hydrogens is 421 g/mol. The van der Waals surface area contributed by atoms with E-state index in [2.05, 4.69) is 18.8 Å². The Morgan fingerprint density at radius 2 is 2.00 bits per heavy atom. The number of aromatic nitrogens is 2. The van der Waals surface area contributed by atoms with Crippen LogP contribution in [0.4, 0.5) is 4.39 Å². The third kappa shape index (κ3) is 4.16. The number of carbonyl (C=O) groups is 1. The summed E-state index contributed by atoms with van der Waals surface area (Å²) in [6.07, 6.45) is 1.14. The van der Waals surface area contributed by atoms with Crippen LogP contribution in [0.5, 0.6) is 0 Å². The average Bonchev–Trinajstić information content (AvgIpc) is 3.15. The van der Waals surface area contributed by atoms with Gasteiger partial charge in [0.05, 0.1) is 17.0 Å². The van der Waals surface area contributed by atoms with Gasteiger partial charge in [-0.3, -0.25) is 14.2 Å². The van der Waals surface area contributed by atoms with Crippen LogP contribution in [-0.4, -0.2) is 39.2 Å². The Morgan fingerprint density at radius 3 is 2.70 bits per heavy atom. The molecule has 0 N–H and O–H groups in total. The van der Waals surface area contributed by atoms with E-state index in [1.165, 1.54) is 39.8 Å². The molecule has 0 aliphatic carbocycles. The topological polar surface area (TPSA) is 55.2 Å². The van der Waals surface area contributed by atoms with E-state index in [9.17, 15) is 14.0 Å². The molecule has 0 radical (unpaired) electrons. The molecule has 0 spiro atoms. The standard InChI is InChI=1S/C22H24FN3O2S2/c1-13-8-14(2)11-25(10-13)19(27)12-30-22-24-17-6-7-29-20(17)21(28)26(22)18-5-4-16(23)9-15(18)3/h4-7,9,13-14H,8,10-12H2,1-3H3/t13-,14+. The first-order chi connectivity index (χ1) is 14.3. The summed E-state index contributed by atoms with van der Waals surface area (Å²) >= 11 is 2.60. The maximum absolute atomic E-state index is 13.6. The van der Waals surface area contributed by atoms with Crippen molar-refractivity contribution in [3.05, 3.63) is 51.4 Å². The Morgan fingerprint density at radius 1 is 1.27 bits per heavy atom. The molecule has 4 rings (SSSR count). The zero-order valence-corrected chi connectivity index (χ0v) is 18.9. The van der Waals surface area contributed by atoms with Gasteiger partial charge >= 0.3 is 0 Å². The number of aryl methyl sites for hydroxylation is 1. The van der Waals surface area contributed by atoms with Crippen molar-refractivity contribution in [2.75, 3.05) is 18.8 Å². The van der Waals surface area contributed by atoms with E-state index in [4.69, 9.17) is 0 Å². The lowest BCUT2D eigenvalue weighted by molar-refractivity contribution is -0.130. The number of hydrogen-bond donors (Lipinski definition) is 0. The second-order valence-electron chi connectivity index (χ2n) is 8.13. The minimum atomic E-state index is -0.354. The number of likely N-dealkylation sites (tertiary alicyclic amines) is 1. The first kappa shape index (κ1) is 21.1. The average molecular weight is 446 g/mol. The van der Waals surface area contributed by atoms with Gasteiger partial charge in [-0.05, 0) is 60.4 Å². The molecule has 0 bridgehead atoms. The minimum Gasteiger partial charge on any atom is -0.341 e. The molecule has 2 aromatic heterocycles. The molecule has 158 valence electrons. The normalized spacial score (nSPS) is 19.4. The molecule has 1 fully saturated rings. The van der Waals surface area contributed by atoms with Crippen molar-refractivity contribution < 1.29 is 9.18 Å². The Balaban J connectivity index is 1.68. The van der Waals surface area contributed by atoms with Gasteiger partial charge in [0, 0.05) is 13.1 Å². The summed E-state index contributed by atoms with van der Waals surface area (Å²) in [5.41, 5.74) is 1.65. The monoisotopic (exact) mass is 445 g/mol. The molecule has 8 heteroatoms. The third-order valence-electron chi connectivity index (χ3n) is 5.40. The highest BCUT2D eigenvalue weighted by Crippen LogP contribution is 2.27. The third-order valence-corrected chi connectivity index (χ3v) is 7.21. The Kier molecular flexibility index (Phi) is 5.97. The number of carbonyl (C=O) groups excluding carboxylic acids is 1. The van der Waals surface area contributed by atoms with Crippen molar-refractivity contribution in [1.29, 1.82) is 0 Å². The van der Waals surface area contributed by atoms with Crippen molar-refractivity contribution in [2.24, 2.45) is 11.8 Å². The van der Waals surface area contributed by atoms with Crippen LogP contribution < -0.4 is 5.56 Å². The largest absolute Gasteiger partial charge is 0.341 e. The quantitative estimate of drug-likeness (QED) is 0.439. The number of rotatable bonds is 4. The number of thioether (sulfide) groups is 1. The Hall–Kier alpha value is -2.19. The summed E-state index contributed by atoms with van der Waals surface area (Å²) in [6, 6.07) is 6.14. The fourth-order valence-corrected chi connectivity index (χ4v) is 5.82. The highest BCUT2D eigenvalue weighted by Gasteiger charge is 2.26. The number of benzene rings is 1. The maximum atomic E-state index is 13.6. The van der Waals surface area contributed by atoms with E-state index in [0.29, 0.717) is 38.5 Å². The first-order valence-electron chi connectivity index (χ1n) is 10.0. The maximum Gasteiger partial charge on any atom is 0.276 e. The Bertz CT molecular complexity index is 1150. The molecule has 1 amide bonds. The van der Waals surface area contributed by atoms with E-state index in [-0.39, 0.29) is 23.0 Å².